The molecule has 1 N–H and O–H groups in total. The first kappa shape index (κ1) is 13.5. The molecular formula is C12H24O2. The highest BCUT2D eigenvalue weighted by atomic mass is 16.4. The van der Waals surface area contributed by atoms with Gasteiger partial charge in [-0.1, -0.05) is 48.0 Å². The molecule has 0 bridgehead atoms. The van der Waals surface area contributed by atoms with Crippen LogP contribution in [0.25, 0.3) is 0 Å². The number of carboxylic acids is 1. The van der Waals surface area contributed by atoms with E-state index in [1.165, 1.54) is 0 Å². The molecule has 1 atom stereocenters. The maximum absolute atomic E-state index is 11.3. The summed E-state index contributed by atoms with van der Waals surface area (Å²) in [4.78, 5) is 11.3. The molecule has 0 rings (SSSR count). The molecule has 0 aliphatic heterocycles. The van der Waals surface area contributed by atoms with Crippen LogP contribution in [0.1, 0.15) is 54.4 Å². The third-order valence-corrected chi connectivity index (χ3v) is 2.79. The van der Waals surface area contributed by atoms with Crippen molar-refractivity contribution in [3.63, 3.8) is 0 Å². The number of carbonyl (C=O) groups is 1. The standard InChI is InChI=1S/C12H24O2/c1-7-8-12(5,6)9(10(13)14)11(2,3)4/h9H,7-8H2,1-6H3,(H,13,14). The molecule has 0 aromatic rings. The Balaban J connectivity index is 4.92. The molecule has 0 radical (unpaired) electrons. The van der Waals surface area contributed by atoms with E-state index >= 15 is 0 Å². The smallest absolute Gasteiger partial charge is 0.307 e. The SMILES string of the molecule is CCCC(C)(C)C(C(=O)O)C(C)(C)C. The second-order valence-corrected chi connectivity index (χ2v) is 5.88. The van der Waals surface area contributed by atoms with Gasteiger partial charge in [0.2, 0.25) is 0 Å². The Kier molecular flexibility index (Phi) is 4.16. The minimum Gasteiger partial charge on any atom is -0.481 e. The van der Waals surface area contributed by atoms with Crippen LogP contribution in [-0.2, 0) is 4.79 Å². The van der Waals surface area contributed by atoms with Gasteiger partial charge in [0.15, 0.2) is 0 Å². The van der Waals surface area contributed by atoms with Gasteiger partial charge in [0.05, 0.1) is 5.92 Å². The van der Waals surface area contributed by atoms with Crippen LogP contribution in [-0.4, -0.2) is 11.1 Å². The van der Waals surface area contributed by atoms with E-state index in [4.69, 9.17) is 0 Å². The minimum atomic E-state index is -0.670. The molecule has 2 heteroatoms. The molecule has 0 saturated carbocycles. The van der Waals surface area contributed by atoms with Crippen LogP contribution in [0.3, 0.4) is 0 Å². The van der Waals surface area contributed by atoms with Crippen LogP contribution in [0.5, 0.6) is 0 Å². The summed E-state index contributed by atoms with van der Waals surface area (Å²) < 4.78 is 0. The van der Waals surface area contributed by atoms with Crippen LogP contribution >= 0.6 is 0 Å². The van der Waals surface area contributed by atoms with Crippen LogP contribution in [0.2, 0.25) is 0 Å². The highest BCUT2D eigenvalue weighted by molar-refractivity contribution is 5.71. The summed E-state index contributed by atoms with van der Waals surface area (Å²) >= 11 is 0. The molecule has 0 aromatic carbocycles. The Bertz CT molecular complexity index is 199. The van der Waals surface area contributed by atoms with Gasteiger partial charge in [0, 0.05) is 0 Å². The van der Waals surface area contributed by atoms with Gasteiger partial charge >= 0.3 is 5.97 Å². The number of hydrogen-bond donors (Lipinski definition) is 1. The highest BCUT2D eigenvalue weighted by Crippen LogP contribution is 2.43. The van der Waals surface area contributed by atoms with E-state index in [1.807, 2.05) is 20.8 Å². The molecule has 0 aromatic heterocycles. The van der Waals surface area contributed by atoms with Crippen molar-refractivity contribution in [2.75, 3.05) is 0 Å². The molecule has 0 amide bonds. The predicted molar refractivity (Wildman–Crippen MR) is 59.3 cm³/mol. The van der Waals surface area contributed by atoms with Crippen LogP contribution in [0.4, 0.5) is 0 Å². The van der Waals surface area contributed by atoms with E-state index in [9.17, 15) is 9.90 Å². The second-order valence-electron chi connectivity index (χ2n) is 5.88. The zero-order valence-corrected chi connectivity index (χ0v) is 10.3. The van der Waals surface area contributed by atoms with Crippen molar-refractivity contribution < 1.29 is 9.90 Å². The summed E-state index contributed by atoms with van der Waals surface area (Å²) in [5.74, 6) is -0.953. The molecule has 0 fully saturated rings. The molecule has 0 saturated heterocycles. The summed E-state index contributed by atoms with van der Waals surface area (Å²) in [6.45, 7) is 12.2. The molecular weight excluding hydrogens is 176 g/mol. The van der Waals surface area contributed by atoms with Crippen molar-refractivity contribution in [3.05, 3.63) is 0 Å². The maximum Gasteiger partial charge on any atom is 0.307 e. The quantitative estimate of drug-likeness (QED) is 0.753. The third-order valence-electron chi connectivity index (χ3n) is 2.79. The van der Waals surface area contributed by atoms with Crippen molar-refractivity contribution >= 4 is 5.97 Å². The fraction of sp³-hybridized carbons (Fsp3) is 0.917. The van der Waals surface area contributed by atoms with Crippen molar-refractivity contribution in [3.8, 4) is 0 Å². The van der Waals surface area contributed by atoms with E-state index in [-0.39, 0.29) is 16.7 Å². The van der Waals surface area contributed by atoms with E-state index in [1.54, 1.807) is 0 Å². The van der Waals surface area contributed by atoms with Crippen LogP contribution < -0.4 is 0 Å². The average Bonchev–Trinajstić information content (AvgIpc) is 1.78. The van der Waals surface area contributed by atoms with E-state index in [2.05, 4.69) is 20.8 Å². The number of aliphatic carboxylic acids is 1. The maximum atomic E-state index is 11.3. The normalized spacial score (nSPS) is 15.3. The molecule has 0 aliphatic rings. The predicted octanol–water partition coefficient (Wildman–Crippen LogP) is 3.56. The number of hydrogen-bond acceptors (Lipinski definition) is 1. The van der Waals surface area contributed by atoms with Crippen molar-refractivity contribution in [1.82, 2.24) is 0 Å². The van der Waals surface area contributed by atoms with Crippen LogP contribution in [0, 0.1) is 16.7 Å². The first-order valence-corrected chi connectivity index (χ1v) is 5.35. The zero-order valence-electron chi connectivity index (χ0n) is 10.3. The lowest BCUT2D eigenvalue weighted by atomic mass is 9.64. The molecule has 2 nitrogen and oxygen atoms in total. The zero-order chi connectivity index (χ0) is 11.6. The topological polar surface area (TPSA) is 37.3 Å². The van der Waals surface area contributed by atoms with Crippen molar-refractivity contribution in [2.24, 2.45) is 16.7 Å². The summed E-state index contributed by atoms with van der Waals surface area (Å²) in [6.07, 6.45) is 1.99. The molecule has 0 aliphatic carbocycles. The number of rotatable bonds is 4. The first-order valence-electron chi connectivity index (χ1n) is 5.35. The first-order chi connectivity index (χ1) is 6.13. The minimum absolute atomic E-state index is 0.126. The lowest BCUT2D eigenvalue weighted by Crippen LogP contribution is -2.40. The molecule has 0 heterocycles. The van der Waals surface area contributed by atoms with Gasteiger partial charge in [-0.25, -0.2) is 0 Å². The summed E-state index contributed by atoms with van der Waals surface area (Å²) in [7, 11) is 0. The lowest BCUT2D eigenvalue weighted by molar-refractivity contribution is -0.151. The summed E-state index contributed by atoms with van der Waals surface area (Å²) in [5.41, 5.74) is -0.302. The van der Waals surface area contributed by atoms with Gasteiger partial charge < -0.3 is 5.11 Å². The largest absolute Gasteiger partial charge is 0.481 e. The molecule has 14 heavy (non-hydrogen) atoms. The van der Waals surface area contributed by atoms with Gasteiger partial charge in [0.1, 0.15) is 0 Å². The highest BCUT2D eigenvalue weighted by Gasteiger charge is 2.42. The van der Waals surface area contributed by atoms with Gasteiger partial charge in [-0.15, -0.1) is 0 Å². The Morgan fingerprint density at radius 1 is 1.21 bits per heavy atom. The monoisotopic (exact) mass is 200 g/mol. The van der Waals surface area contributed by atoms with Crippen molar-refractivity contribution in [1.29, 1.82) is 0 Å². The van der Waals surface area contributed by atoms with Gasteiger partial charge in [0.25, 0.3) is 0 Å². The Hall–Kier alpha value is -0.530. The molecule has 0 spiro atoms. The summed E-state index contributed by atoms with van der Waals surface area (Å²) in [5, 5.41) is 9.27. The third kappa shape index (κ3) is 3.32. The van der Waals surface area contributed by atoms with E-state index in [0.717, 1.165) is 12.8 Å². The fourth-order valence-electron chi connectivity index (χ4n) is 2.67. The Labute approximate surface area is 87.7 Å². The van der Waals surface area contributed by atoms with Gasteiger partial charge in [-0.05, 0) is 17.3 Å². The Morgan fingerprint density at radius 3 is 1.86 bits per heavy atom. The number of carboxylic acid groups (broad SMARTS) is 1. The van der Waals surface area contributed by atoms with Gasteiger partial charge in [-0.2, -0.15) is 0 Å². The van der Waals surface area contributed by atoms with Gasteiger partial charge in [-0.3, -0.25) is 4.79 Å². The van der Waals surface area contributed by atoms with E-state index < -0.39 is 5.97 Å². The van der Waals surface area contributed by atoms with E-state index in [0.29, 0.717) is 0 Å². The summed E-state index contributed by atoms with van der Waals surface area (Å²) in [6, 6.07) is 0. The van der Waals surface area contributed by atoms with Crippen LogP contribution in [0.15, 0.2) is 0 Å². The fourth-order valence-corrected chi connectivity index (χ4v) is 2.67. The average molecular weight is 200 g/mol. The van der Waals surface area contributed by atoms with Crippen molar-refractivity contribution in [2.45, 2.75) is 54.4 Å². The Morgan fingerprint density at radius 2 is 1.64 bits per heavy atom. The molecule has 84 valence electrons. The molecule has 1 unspecified atom stereocenters. The lowest BCUT2D eigenvalue weighted by Gasteiger charge is -2.39. The second kappa shape index (κ2) is 4.33.